The van der Waals surface area contributed by atoms with Gasteiger partial charge in [-0.25, -0.2) is 9.97 Å². The minimum atomic E-state index is 0.464. The number of hydrogen-bond acceptors (Lipinski definition) is 4. The minimum absolute atomic E-state index is 0.464. The summed E-state index contributed by atoms with van der Waals surface area (Å²) in [6, 6.07) is 50.7. The van der Waals surface area contributed by atoms with E-state index in [0.717, 1.165) is 70.8 Å². The van der Waals surface area contributed by atoms with E-state index in [0.29, 0.717) is 5.71 Å². The Kier molecular flexibility index (Phi) is 9.12. The van der Waals surface area contributed by atoms with Crippen molar-refractivity contribution in [2.75, 3.05) is 0 Å². The van der Waals surface area contributed by atoms with Crippen LogP contribution < -0.4 is 0 Å². The van der Waals surface area contributed by atoms with Gasteiger partial charge in [0.15, 0.2) is 0 Å². The number of benzene rings is 6. The molecule has 0 fully saturated rings. The largest absolute Gasteiger partial charge is 0.300 e. The van der Waals surface area contributed by atoms with E-state index in [2.05, 4.69) is 150 Å². The molecular weight excluding hydrogens is 829 g/mol. The van der Waals surface area contributed by atoms with Crippen LogP contribution >= 0.6 is 0 Å². The molecular formula is C62H46N6. The van der Waals surface area contributed by atoms with Crippen molar-refractivity contribution in [3.8, 4) is 56.3 Å². The fraction of sp³-hybridized carbons (Fsp3) is 0.0968. The van der Waals surface area contributed by atoms with Crippen molar-refractivity contribution in [3.05, 3.63) is 222 Å². The van der Waals surface area contributed by atoms with Gasteiger partial charge in [-0.3, -0.25) is 14.1 Å². The zero-order chi connectivity index (χ0) is 45.6. The van der Waals surface area contributed by atoms with Crippen molar-refractivity contribution in [3.63, 3.8) is 0 Å². The van der Waals surface area contributed by atoms with Crippen LogP contribution in [0.15, 0.2) is 183 Å². The van der Waals surface area contributed by atoms with Crippen molar-refractivity contribution < 1.29 is 0 Å². The molecule has 11 aromatic rings. The van der Waals surface area contributed by atoms with Crippen LogP contribution in [0.5, 0.6) is 0 Å². The first-order valence-electron chi connectivity index (χ1n) is 23.5. The lowest BCUT2D eigenvalue weighted by Gasteiger charge is -2.31. The molecule has 324 valence electrons. The van der Waals surface area contributed by atoms with E-state index >= 15 is 0 Å². The molecule has 68 heavy (non-hydrogen) atoms. The highest BCUT2D eigenvalue weighted by molar-refractivity contribution is 6.17. The molecule has 6 nitrogen and oxygen atoms in total. The quantitative estimate of drug-likeness (QED) is 0.122. The molecule has 6 heteroatoms. The van der Waals surface area contributed by atoms with E-state index in [1.54, 1.807) is 18.2 Å². The van der Waals surface area contributed by atoms with Crippen molar-refractivity contribution in [2.24, 2.45) is 0 Å². The summed E-state index contributed by atoms with van der Waals surface area (Å²) >= 11 is 0. The Bertz CT molecular complexity index is 3940. The molecule has 0 spiro atoms. The highest BCUT2D eigenvalue weighted by atomic mass is 15.1. The number of pyridine rings is 3. The van der Waals surface area contributed by atoms with E-state index in [9.17, 15) is 0 Å². The van der Waals surface area contributed by atoms with Crippen molar-refractivity contribution in [2.45, 2.75) is 39.5 Å². The number of rotatable bonds is 8. The molecule has 0 radical (unpaired) electrons. The van der Waals surface area contributed by atoms with Crippen LogP contribution in [0.25, 0.3) is 99.9 Å². The summed E-state index contributed by atoms with van der Waals surface area (Å²) in [4.78, 5) is 14.7. The molecule has 0 atom stereocenters. The summed E-state index contributed by atoms with van der Waals surface area (Å²) in [5, 5.41) is 13.6. The van der Waals surface area contributed by atoms with Gasteiger partial charge >= 0.3 is 0 Å². The Morgan fingerprint density at radius 3 is 1.53 bits per heavy atom. The summed E-state index contributed by atoms with van der Waals surface area (Å²) < 4.78 is 4.88. The van der Waals surface area contributed by atoms with Crippen LogP contribution in [0.4, 0.5) is 0 Å². The average molecular weight is 875 g/mol. The third kappa shape index (κ3) is 6.25. The Morgan fingerprint density at radius 2 is 1.03 bits per heavy atom. The zero-order valence-corrected chi connectivity index (χ0v) is 38.0. The summed E-state index contributed by atoms with van der Waals surface area (Å²) in [6.07, 6.45) is 14.8. The monoisotopic (exact) mass is 874 g/mol. The van der Waals surface area contributed by atoms with Crippen LogP contribution in [0.3, 0.4) is 0 Å². The number of nitrogens with one attached hydrogen (secondary N) is 1. The average Bonchev–Trinajstić information content (AvgIpc) is 3.89. The smallest absolute Gasteiger partial charge is 0.137 e. The van der Waals surface area contributed by atoms with E-state index in [1.165, 1.54) is 93.7 Å². The molecule has 2 aliphatic carbocycles. The van der Waals surface area contributed by atoms with Gasteiger partial charge in [-0.2, -0.15) is 0 Å². The highest BCUT2D eigenvalue weighted by Gasteiger charge is 2.33. The Morgan fingerprint density at radius 1 is 0.515 bits per heavy atom. The maximum Gasteiger partial charge on any atom is 0.137 e. The molecule has 0 bridgehead atoms. The van der Waals surface area contributed by atoms with Gasteiger partial charge in [0.1, 0.15) is 11.6 Å². The fourth-order valence-corrected chi connectivity index (χ4v) is 11.2. The molecule has 6 aromatic carbocycles. The van der Waals surface area contributed by atoms with Gasteiger partial charge in [-0.1, -0.05) is 85.5 Å². The second kappa shape index (κ2) is 15.6. The molecule has 1 N–H and O–H groups in total. The molecule has 13 rings (SSSR count). The summed E-state index contributed by atoms with van der Waals surface area (Å²) in [5.74, 6) is 1.89. The van der Waals surface area contributed by atoms with E-state index < -0.39 is 0 Å². The van der Waals surface area contributed by atoms with Gasteiger partial charge in [-0.15, -0.1) is 0 Å². The van der Waals surface area contributed by atoms with Gasteiger partial charge in [0, 0.05) is 45.7 Å². The second-order valence-corrected chi connectivity index (χ2v) is 18.5. The maximum absolute atomic E-state index is 8.51. The van der Waals surface area contributed by atoms with Gasteiger partial charge in [0.2, 0.25) is 0 Å². The lowest BCUT2D eigenvalue weighted by Crippen LogP contribution is -2.16. The van der Waals surface area contributed by atoms with E-state index in [4.69, 9.17) is 15.4 Å². The minimum Gasteiger partial charge on any atom is -0.300 e. The van der Waals surface area contributed by atoms with Crippen molar-refractivity contribution >= 4 is 49.3 Å². The molecule has 0 aliphatic heterocycles. The van der Waals surface area contributed by atoms with Crippen LogP contribution in [-0.4, -0.2) is 29.8 Å². The summed E-state index contributed by atoms with van der Waals surface area (Å²) in [7, 11) is 0. The predicted molar refractivity (Wildman–Crippen MR) is 281 cm³/mol. The van der Waals surface area contributed by atoms with Crippen molar-refractivity contribution in [1.29, 1.82) is 5.41 Å². The van der Waals surface area contributed by atoms with Crippen LogP contribution in [0, 0.1) is 19.3 Å². The third-order valence-electron chi connectivity index (χ3n) is 14.4. The molecule has 5 heterocycles. The van der Waals surface area contributed by atoms with E-state index in [1.807, 2.05) is 42.9 Å². The van der Waals surface area contributed by atoms with Gasteiger partial charge in [0.05, 0.1) is 33.5 Å². The third-order valence-corrected chi connectivity index (χ3v) is 14.4. The predicted octanol–water partition coefficient (Wildman–Crippen LogP) is 14.7. The first kappa shape index (κ1) is 39.8. The number of hydrogen-bond donors (Lipinski definition) is 1. The molecule has 0 unspecified atom stereocenters. The molecule has 0 saturated heterocycles. The Labute approximate surface area is 394 Å². The standard InChI is InChI=1S/C62H46N6/c1-4-5-8-53(63)41-14-10-39(11-15-41)43-20-24-55-49(33-43)51-35-45-18-23-48-60-46(19-22-47(59(45)60)61(51)67(55)57-31-37(2)26-29-65-57)36-52-50-34-44(40-12-16-42(17-13-40)54-9-6-7-28-64-54)21-25-56(50)68(62(48)52)58-32-38(3)27-30-66-58/h4-17,20-21,24-36,63H,1,18-19,22-23H2,2-3H3/b8-5-,63-53?. The number of nitrogens with zero attached hydrogens (tertiary/aromatic N) is 5. The molecule has 0 amide bonds. The van der Waals surface area contributed by atoms with Crippen LogP contribution in [0.2, 0.25) is 0 Å². The van der Waals surface area contributed by atoms with Crippen LogP contribution in [-0.2, 0) is 25.7 Å². The molecule has 5 aromatic heterocycles. The van der Waals surface area contributed by atoms with Crippen molar-refractivity contribution in [1.82, 2.24) is 24.1 Å². The second-order valence-electron chi connectivity index (χ2n) is 18.5. The summed E-state index contributed by atoms with van der Waals surface area (Å²) in [5.41, 5.74) is 23.8. The summed E-state index contributed by atoms with van der Waals surface area (Å²) in [6.45, 7) is 8.07. The van der Waals surface area contributed by atoms with Gasteiger partial charge < -0.3 is 5.41 Å². The number of aromatic nitrogens is 5. The number of allylic oxidation sites excluding steroid dienone is 3. The zero-order valence-electron chi connectivity index (χ0n) is 38.0. The van der Waals surface area contributed by atoms with E-state index in [-0.39, 0.29) is 0 Å². The SMILES string of the molecule is C=C/C=C\C(=N)c1ccc(-c2ccc3c(c2)c2cc4c5c(c2n3-c2cc(C)ccn2)CCc2cc3c6cc(-c7ccc(-c8ccccn8)cc7)ccc6n(-c6cc(C)ccn6)c3c(c2-5)CC4)cc1. The lowest BCUT2D eigenvalue weighted by atomic mass is 9.74. The normalized spacial score (nSPS) is 13.0. The Hall–Kier alpha value is -8.48. The maximum atomic E-state index is 8.51. The fourth-order valence-electron chi connectivity index (χ4n) is 11.2. The first-order chi connectivity index (χ1) is 33.4. The molecule has 0 saturated carbocycles. The number of fused-ring (bicyclic) bond motifs is 8. The Balaban J connectivity index is 1.02. The molecule has 2 aliphatic rings. The highest BCUT2D eigenvalue weighted by Crippen LogP contribution is 2.51. The van der Waals surface area contributed by atoms with Crippen LogP contribution in [0.1, 0.15) is 38.9 Å². The lowest BCUT2D eigenvalue weighted by molar-refractivity contribution is 0.881. The van der Waals surface area contributed by atoms with Gasteiger partial charge in [0.25, 0.3) is 0 Å². The van der Waals surface area contributed by atoms with Gasteiger partial charge in [-0.05, 0) is 191 Å². The first-order valence-corrected chi connectivity index (χ1v) is 23.5. The number of aryl methyl sites for hydroxylation is 6. The topological polar surface area (TPSA) is 72.4 Å².